The summed E-state index contributed by atoms with van der Waals surface area (Å²) in [6.07, 6.45) is 4.79. The lowest BCUT2D eigenvalue weighted by molar-refractivity contribution is -0.116. The lowest BCUT2D eigenvalue weighted by Crippen LogP contribution is -2.22. The Morgan fingerprint density at radius 3 is 2.73 bits per heavy atom. The molecule has 0 spiro atoms. The lowest BCUT2D eigenvalue weighted by atomic mass is 10.2. The molecule has 2 heterocycles. The van der Waals surface area contributed by atoms with E-state index in [-0.39, 0.29) is 11.5 Å². The van der Waals surface area contributed by atoms with Crippen LogP contribution in [0.4, 0.5) is 5.13 Å². The number of aromatic nitrogens is 3. The number of unbranched alkanes of at least 4 members (excludes halogenated alkanes) is 2. The first-order valence-corrected chi connectivity index (χ1v) is 13.2. The predicted molar refractivity (Wildman–Crippen MR) is 140 cm³/mol. The van der Waals surface area contributed by atoms with Crippen molar-refractivity contribution >= 4 is 57.3 Å². The number of thioether (sulfide) groups is 1. The molecule has 0 aliphatic carbocycles. The summed E-state index contributed by atoms with van der Waals surface area (Å²) in [4.78, 5) is 33.8. The molecule has 0 saturated carbocycles. The molecule has 9 heteroatoms. The van der Waals surface area contributed by atoms with Gasteiger partial charge in [-0.05, 0) is 55.6 Å². The number of hydrogen-bond acceptors (Lipinski definition) is 6. The summed E-state index contributed by atoms with van der Waals surface area (Å²) in [6.45, 7) is 0.534. The summed E-state index contributed by atoms with van der Waals surface area (Å²) in [5, 5.41) is 6.08. The number of amides is 1. The average molecular weight is 497 g/mol. The molecule has 0 aliphatic heterocycles. The number of hydrogen-bond donors (Lipinski definition) is 2. The van der Waals surface area contributed by atoms with Crippen molar-refractivity contribution in [3.8, 4) is 11.3 Å². The van der Waals surface area contributed by atoms with Crippen molar-refractivity contribution in [3.05, 3.63) is 69.0 Å². The number of carbonyl (C=O) groups is 1. The summed E-state index contributed by atoms with van der Waals surface area (Å²) in [6, 6.07) is 15.6. The second-order valence-corrected chi connectivity index (χ2v) is 9.68. The second-order valence-electron chi connectivity index (χ2n) is 7.56. The maximum absolute atomic E-state index is 12.7. The van der Waals surface area contributed by atoms with Crippen molar-refractivity contribution in [1.29, 1.82) is 0 Å². The van der Waals surface area contributed by atoms with Crippen LogP contribution >= 0.6 is 35.3 Å². The van der Waals surface area contributed by atoms with E-state index in [0.717, 1.165) is 36.0 Å². The van der Waals surface area contributed by atoms with E-state index in [9.17, 15) is 9.59 Å². The standard InChI is InChI=1S/C24H24N4O2S3/c1-32-17-12-10-16(11-13-17)20-15-33-23(25-20)27-21(29)9-3-2-6-14-28-22(30)18-7-4-5-8-19(18)26-24(28)31/h4-5,7-8,10-13,15H,2-3,6,9,14H2,1H3,(H,26,31)(H,25,27,29). The number of H-pyrrole nitrogens is 1. The zero-order chi connectivity index (χ0) is 23.2. The molecular weight excluding hydrogens is 472 g/mol. The van der Waals surface area contributed by atoms with E-state index in [1.807, 2.05) is 42.0 Å². The normalized spacial score (nSPS) is 11.1. The van der Waals surface area contributed by atoms with E-state index in [0.29, 0.717) is 28.3 Å². The average Bonchev–Trinajstić information content (AvgIpc) is 3.29. The second kappa shape index (κ2) is 10.9. The van der Waals surface area contributed by atoms with Gasteiger partial charge < -0.3 is 10.3 Å². The van der Waals surface area contributed by atoms with Gasteiger partial charge in [0.25, 0.3) is 5.56 Å². The van der Waals surface area contributed by atoms with Crippen LogP contribution in [0.5, 0.6) is 0 Å². The highest BCUT2D eigenvalue weighted by molar-refractivity contribution is 7.98. The number of thiazole rings is 1. The van der Waals surface area contributed by atoms with Crippen molar-refractivity contribution in [2.24, 2.45) is 0 Å². The molecule has 4 aromatic rings. The Morgan fingerprint density at radius 1 is 1.15 bits per heavy atom. The summed E-state index contributed by atoms with van der Waals surface area (Å²) >= 11 is 8.47. The minimum absolute atomic E-state index is 0.0474. The van der Waals surface area contributed by atoms with Crippen LogP contribution in [0.15, 0.2) is 63.6 Å². The Labute approximate surface area is 205 Å². The first-order valence-electron chi connectivity index (χ1n) is 10.7. The SMILES string of the molecule is CSc1ccc(-c2csc(NC(=O)CCCCCn3c(=S)[nH]c4ccccc4c3=O)n2)cc1. The summed E-state index contributed by atoms with van der Waals surface area (Å²) in [5.41, 5.74) is 2.57. The molecule has 0 saturated heterocycles. The third kappa shape index (κ3) is 5.79. The van der Waals surface area contributed by atoms with Crippen molar-refractivity contribution in [2.75, 3.05) is 11.6 Å². The molecule has 2 N–H and O–H groups in total. The Kier molecular flexibility index (Phi) is 7.74. The minimum Gasteiger partial charge on any atom is -0.332 e. The monoisotopic (exact) mass is 496 g/mol. The Bertz CT molecular complexity index is 1370. The smallest absolute Gasteiger partial charge is 0.262 e. The highest BCUT2D eigenvalue weighted by Crippen LogP contribution is 2.26. The minimum atomic E-state index is -0.0743. The molecule has 33 heavy (non-hydrogen) atoms. The fourth-order valence-electron chi connectivity index (χ4n) is 3.54. The van der Waals surface area contributed by atoms with Gasteiger partial charge in [0.1, 0.15) is 0 Å². The molecule has 0 aliphatic rings. The summed E-state index contributed by atoms with van der Waals surface area (Å²) in [5.74, 6) is -0.0474. The number of rotatable bonds is 9. The molecule has 0 atom stereocenters. The Balaban J connectivity index is 1.24. The van der Waals surface area contributed by atoms with Gasteiger partial charge in [0.15, 0.2) is 9.90 Å². The lowest BCUT2D eigenvalue weighted by Gasteiger charge is -2.08. The number of nitrogens with zero attached hydrogens (tertiary/aromatic N) is 2. The number of anilines is 1. The zero-order valence-corrected chi connectivity index (χ0v) is 20.6. The van der Waals surface area contributed by atoms with Crippen LogP contribution in [0.3, 0.4) is 0 Å². The van der Waals surface area contributed by atoms with Gasteiger partial charge >= 0.3 is 0 Å². The quantitative estimate of drug-likeness (QED) is 0.166. The fraction of sp³-hybridized carbons (Fsp3) is 0.250. The largest absolute Gasteiger partial charge is 0.332 e. The van der Waals surface area contributed by atoms with Crippen molar-refractivity contribution < 1.29 is 4.79 Å². The number of benzene rings is 2. The van der Waals surface area contributed by atoms with E-state index in [1.54, 1.807) is 22.4 Å². The van der Waals surface area contributed by atoms with Gasteiger partial charge in [0, 0.05) is 28.8 Å². The molecule has 170 valence electrons. The van der Waals surface area contributed by atoms with Crippen LogP contribution in [0, 0.1) is 4.77 Å². The predicted octanol–water partition coefficient (Wildman–Crippen LogP) is 6.10. The van der Waals surface area contributed by atoms with Crippen LogP contribution in [0.2, 0.25) is 0 Å². The summed E-state index contributed by atoms with van der Waals surface area (Å²) < 4.78 is 2.03. The Hall–Kier alpha value is -2.75. The molecule has 4 rings (SSSR count). The zero-order valence-electron chi connectivity index (χ0n) is 18.2. The topological polar surface area (TPSA) is 79.8 Å². The van der Waals surface area contributed by atoms with Crippen molar-refractivity contribution in [2.45, 2.75) is 37.1 Å². The van der Waals surface area contributed by atoms with E-state index >= 15 is 0 Å². The maximum atomic E-state index is 12.7. The van der Waals surface area contributed by atoms with E-state index in [2.05, 4.69) is 27.4 Å². The van der Waals surface area contributed by atoms with Crippen LogP contribution in [0.1, 0.15) is 25.7 Å². The molecule has 1 amide bonds. The molecule has 2 aromatic heterocycles. The number of nitrogens with one attached hydrogen (secondary N) is 2. The van der Waals surface area contributed by atoms with E-state index in [4.69, 9.17) is 12.2 Å². The molecular formula is C24H24N4O2S3. The molecule has 0 unspecified atom stereocenters. The van der Waals surface area contributed by atoms with Gasteiger partial charge in [-0.25, -0.2) is 4.98 Å². The van der Waals surface area contributed by atoms with Gasteiger partial charge in [0.2, 0.25) is 5.91 Å². The Morgan fingerprint density at radius 2 is 1.94 bits per heavy atom. The fourth-order valence-corrected chi connectivity index (χ4v) is 4.97. The van der Waals surface area contributed by atoms with Crippen molar-refractivity contribution in [1.82, 2.24) is 14.5 Å². The van der Waals surface area contributed by atoms with Gasteiger partial charge in [-0.3, -0.25) is 14.2 Å². The summed E-state index contributed by atoms with van der Waals surface area (Å²) in [7, 11) is 0. The van der Waals surface area contributed by atoms with Gasteiger partial charge in [0.05, 0.1) is 16.6 Å². The van der Waals surface area contributed by atoms with Gasteiger partial charge in [-0.2, -0.15) is 0 Å². The van der Waals surface area contributed by atoms with E-state index < -0.39 is 0 Å². The highest BCUT2D eigenvalue weighted by atomic mass is 32.2. The molecule has 2 aromatic carbocycles. The highest BCUT2D eigenvalue weighted by Gasteiger charge is 2.09. The number of para-hydroxylation sites is 1. The van der Waals surface area contributed by atoms with Crippen LogP contribution < -0.4 is 10.9 Å². The maximum Gasteiger partial charge on any atom is 0.262 e. The number of carbonyl (C=O) groups excluding carboxylic acids is 1. The molecule has 6 nitrogen and oxygen atoms in total. The van der Waals surface area contributed by atoms with E-state index in [1.165, 1.54) is 16.2 Å². The van der Waals surface area contributed by atoms with Crippen LogP contribution in [-0.2, 0) is 11.3 Å². The third-order valence-electron chi connectivity index (χ3n) is 5.31. The first-order chi connectivity index (χ1) is 16.0. The molecule has 0 radical (unpaired) electrons. The number of fused-ring (bicyclic) bond motifs is 1. The van der Waals surface area contributed by atoms with Crippen molar-refractivity contribution in [3.63, 3.8) is 0 Å². The number of aromatic amines is 1. The van der Waals surface area contributed by atoms with Gasteiger partial charge in [-0.15, -0.1) is 23.1 Å². The molecule has 0 bridgehead atoms. The van der Waals surface area contributed by atoms with Crippen LogP contribution in [0.25, 0.3) is 22.2 Å². The van der Waals surface area contributed by atoms with Crippen LogP contribution in [-0.4, -0.2) is 26.7 Å². The molecule has 0 fully saturated rings. The van der Waals surface area contributed by atoms with Gasteiger partial charge in [-0.1, -0.05) is 30.7 Å². The third-order valence-corrected chi connectivity index (χ3v) is 7.13. The first kappa shape index (κ1) is 23.4.